The van der Waals surface area contributed by atoms with Gasteiger partial charge in [-0.2, -0.15) is 16.1 Å². The van der Waals surface area contributed by atoms with Gasteiger partial charge < -0.3 is 66.2 Å². The van der Waals surface area contributed by atoms with Gasteiger partial charge in [-0.15, -0.1) is 0 Å². The first kappa shape index (κ1) is 50.1. The number of carbonyl (C=O) groups excluding carboxylic acids is 2. The van der Waals surface area contributed by atoms with Gasteiger partial charge in [0.2, 0.25) is 11.8 Å². The average molecular weight is 928 g/mol. The molecule has 2 aromatic rings. The number of carbonyl (C=O) groups is 4. The average Bonchev–Trinajstić information content (AvgIpc) is 3.67. The van der Waals surface area contributed by atoms with Crippen LogP contribution in [0.15, 0.2) is 12.7 Å². The lowest BCUT2D eigenvalue weighted by molar-refractivity contribution is -0.165. The van der Waals surface area contributed by atoms with Crippen LogP contribution in [-0.2, 0) is 55.5 Å². The molecule has 0 aliphatic carbocycles. The first-order chi connectivity index (χ1) is 27.2. The molecule has 0 bridgehead atoms. The zero-order valence-electron chi connectivity index (χ0n) is 30.9. The Labute approximate surface area is 337 Å². The van der Waals surface area contributed by atoms with E-state index < -0.39 is 109 Å². The number of ether oxygens (including phenoxy) is 1. The van der Waals surface area contributed by atoms with E-state index in [1.165, 1.54) is 13.8 Å². The van der Waals surface area contributed by atoms with E-state index in [0.29, 0.717) is 0 Å². The van der Waals surface area contributed by atoms with Gasteiger partial charge in [0.05, 0.1) is 26.0 Å². The van der Waals surface area contributed by atoms with Crippen molar-refractivity contribution in [3.8, 4) is 0 Å². The van der Waals surface area contributed by atoms with Gasteiger partial charge in [-0.3, -0.25) is 32.5 Å². The molecule has 3 heterocycles. The van der Waals surface area contributed by atoms with Crippen molar-refractivity contribution in [2.75, 3.05) is 43.5 Å². The standard InChI is InChI=1S/C27H44N7O21P3S/c1-26(2,20(39)23(40)30-5-3-15(35)29-6-8-59-7-4-27(43,25(41)42)9-16(36)37)11-52-58(49,50)55-57(47,48)51-10-14-19(54-56(44,45)46)18(38)24(53-14)34-13-33-17-21(28)31-12-32-22(17)34/h12-14,18-20,24,38-39,43H,3-11H2,1-2H3,(H,29,35)(H,30,40)(H,36,37)(H,41,42)(H,47,48)(H,49,50)(H2,28,31,32)(H2,44,45,46)/t14-,18-,19-,20+,24-,27-/m1/s1. The molecule has 32 heteroatoms. The summed E-state index contributed by atoms with van der Waals surface area (Å²) in [5, 5.41) is 54.0. The number of rotatable bonds is 25. The summed E-state index contributed by atoms with van der Waals surface area (Å²) in [7, 11) is -16.5. The van der Waals surface area contributed by atoms with E-state index in [9.17, 15) is 67.8 Å². The van der Waals surface area contributed by atoms with Crippen LogP contribution in [0.5, 0.6) is 0 Å². The number of nitrogens with two attached hydrogens (primary N) is 1. The maximum Gasteiger partial charge on any atom is 0.481 e. The highest BCUT2D eigenvalue weighted by Gasteiger charge is 2.50. The predicted octanol–water partition coefficient (Wildman–Crippen LogP) is -2.18. The van der Waals surface area contributed by atoms with E-state index >= 15 is 0 Å². The first-order valence-corrected chi connectivity index (χ1v) is 22.5. The van der Waals surface area contributed by atoms with E-state index in [4.69, 9.17) is 29.7 Å². The van der Waals surface area contributed by atoms with Crippen molar-refractivity contribution >= 4 is 76.0 Å². The lowest BCUT2D eigenvalue weighted by atomic mass is 9.87. The minimum absolute atomic E-state index is 0.0117. The minimum Gasteiger partial charge on any atom is -0.481 e. The summed E-state index contributed by atoms with van der Waals surface area (Å²) in [5.41, 5.74) is 1.73. The quantitative estimate of drug-likeness (QED) is 0.0372. The molecule has 334 valence electrons. The number of aromatic nitrogens is 4. The van der Waals surface area contributed by atoms with Crippen molar-refractivity contribution in [1.82, 2.24) is 30.2 Å². The molecule has 59 heavy (non-hydrogen) atoms. The maximum absolute atomic E-state index is 12.7. The number of thioether (sulfide) groups is 1. The summed E-state index contributed by atoms with van der Waals surface area (Å²) in [6.07, 6.45) is -8.53. The van der Waals surface area contributed by atoms with Crippen molar-refractivity contribution in [1.29, 1.82) is 0 Å². The number of hydrogen-bond acceptors (Lipinski definition) is 20. The smallest absolute Gasteiger partial charge is 0.481 e. The Morgan fingerprint density at radius 3 is 2.31 bits per heavy atom. The van der Waals surface area contributed by atoms with E-state index in [1.54, 1.807) is 0 Å². The largest absolute Gasteiger partial charge is 0.481 e. The molecule has 0 radical (unpaired) electrons. The number of nitrogen functional groups attached to an aromatic ring is 1. The molecule has 1 fully saturated rings. The number of aliphatic hydroxyl groups excluding tert-OH is 2. The molecule has 28 nitrogen and oxygen atoms in total. The van der Waals surface area contributed by atoms with Crippen molar-refractivity contribution in [3.05, 3.63) is 12.7 Å². The number of carboxylic acids is 2. The number of phosphoric ester groups is 3. The van der Waals surface area contributed by atoms with Crippen LogP contribution in [0, 0.1) is 5.41 Å². The molecule has 2 unspecified atom stereocenters. The lowest BCUT2D eigenvalue weighted by Crippen LogP contribution is -2.46. The third kappa shape index (κ3) is 15.0. The van der Waals surface area contributed by atoms with Crippen LogP contribution in [-0.4, -0.2) is 156 Å². The molecular formula is C27H44N7O21P3S. The van der Waals surface area contributed by atoms with Gasteiger partial charge in [-0.25, -0.2) is 33.4 Å². The number of imidazole rings is 1. The molecule has 0 aromatic carbocycles. The summed E-state index contributed by atoms with van der Waals surface area (Å²) >= 11 is 1.14. The molecule has 1 saturated heterocycles. The van der Waals surface area contributed by atoms with Crippen LogP contribution >= 0.6 is 35.2 Å². The monoisotopic (exact) mass is 927 g/mol. The summed E-state index contributed by atoms with van der Waals surface area (Å²) in [5.74, 6) is -4.44. The normalized spacial score (nSPS) is 22.2. The van der Waals surface area contributed by atoms with Crippen molar-refractivity contribution in [2.24, 2.45) is 5.41 Å². The molecule has 0 spiro atoms. The molecule has 0 saturated carbocycles. The molecule has 13 N–H and O–H groups in total. The predicted molar refractivity (Wildman–Crippen MR) is 196 cm³/mol. The third-order valence-corrected chi connectivity index (χ3v) is 12.2. The third-order valence-electron chi connectivity index (χ3n) is 8.15. The van der Waals surface area contributed by atoms with Crippen molar-refractivity contribution < 1.29 is 101 Å². The van der Waals surface area contributed by atoms with Gasteiger partial charge in [-0.05, 0) is 12.2 Å². The van der Waals surface area contributed by atoms with Crippen LogP contribution in [0.3, 0.4) is 0 Å². The van der Waals surface area contributed by atoms with Gasteiger partial charge in [0.15, 0.2) is 23.3 Å². The van der Waals surface area contributed by atoms with E-state index in [-0.39, 0.29) is 54.4 Å². The van der Waals surface area contributed by atoms with E-state index in [2.05, 4.69) is 34.4 Å². The second kappa shape index (κ2) is 20.6. The summed E-state index contributed by atoms with van der Waals surface area (Å²) in [4.78, 5) is 97.5. The van der Waals surface area contributed by atoms with E-state index in [0.717, 1.165) is 29.0 Å². The van der Waals surface area contributed by atoms with Crippen molar-refractivity contribution in [2.45, 2.75) is 69.4 Å². The van der Waals surface area contributed by atoms with Crippen LogP contribution in [0.1, 0.15) is 39.3 Å². The molecule has 2 aromatic heterocycles. The van der Waals surface area contributed by atoms with Crippen LogP contribution in [0.25, 0.3) is 11.2 Å². The zero-order chi connectivity index (χ0) is 44.6. The highest BCUT2D eigenvalue weighted by molar-refractivity contribution is 7.99. The Morgan fingerprint density at radius 2 is 1.68 bits per heavy atom. The Hall–Kier alpha value is -3.21. The van der Waals surface area contributed by atoms with Gasteiger partial charge >= 0.3 is 35.4 Å². The fraction of sp³-hybridized carbons (Fsp3) is 0.667. The number of aliphatic carboxylic acids is 2. The first-order valence-electron chi connectivity index (χ1n) is 16.8. The summed E-state index contributed by atoms with van der Waals surface area (Å²) < 4.78 is 62.0. The topological polar surface area (TPSA) is 441 Å². The Morgan fingerprint density at radius 1 is 1.02 bits per heavy atom. The molecule has 1 aliphatic heterocycles. The van der Waals surface area contributed by atoms with Gasteiger partial charge in [0, 0.05) is 30.7 Å². The van der Waals surface area contributed by atoms with Crippen LogP contribution in [0.2, 0.25) is 0 Å². The number of fused-ring (bicyclic) bond motifs is 1. The van der Waals surface area contributed by atoms with Crippen molar-refractivity contribution in [3.63, 3.8) is 0 Å². The number of anilines is 1. The lowest BCUT2D eigenvalue weighted by Gasteiger charge is -2.30. The van der Waals surface area contributed by atoms with E-state index in [1.807, 2.05) is 0 Å². The second-order valence-electron chi connectivity index (χ2n) is 13.3. The van der Waals surface area contributed by atoms with Crippen LogP contribution in [0.4, 0.5) is 5.82 Å². The zero-order valence-corrected chi connectivity index (χ0v) is 34.4. The number of nitrogens with zero attached hydrogens (tertiary/aromatic N) is 4. The molecule has 2 amide bonds. The fourth-order valence-electron chi connectivity index (χ4n) is 5.07. The summed E-state index contributed by atoms with van der Waals surface area (Å²) in [6, 6.07) is 0. The highest BCUT2D eigenvalue weighted by Crippen LogP contribution is 2.61. The van der Waals surface area contributed by atoms with Gasteiger partial charge in [0.1, 0.15) is 36.3 Å². The second-order valence-corrected chi connectivity index (χ2v) is 18.8. The van der Waals surface area contributed by atoms with Gasteiger partial charge in [-0.1, -0.05) is 13.8 Å². The number of aliphatic hydroxyl groups is 3. The molecule has 3 rings (SSSR count). The minimum atomic E-state index is -5.61. The SMILES string of the molecule is CC(C)(COP(=O)(O)OP(=O)(O)OC[C@H]1O[C@@H](n2cnc3c(N)ncnc32)[C@H](O)[C@@H]1OP(=O)(O)O)[C@@H](O)C(=O)NCCC(=O)NCCSCC[C@@](O)(CC(=O)O)C(=O)O. The number of phosphoric acid groups is 3. The van der Waals surface area contributed by atoms with Crippen LogP contribution < -0.4 is 16.4 Å². The molecule has 1 aliphatic rings. The fourth-order valence-corrected chi connectivity index (χ4v) is 8.83. The Kier molecular flexibility index (Phi) is 17.5. The van der Waals surface area contributed by atoms with Gasteiger partial charge in [0.25, 0.3) is 0 Å². The Bertz CT molecular complexity index is 1970. The summed E-state index contributed by atoms with van der Waals surface area (Å²) in [6.45, 7) is 0.151. The highest BCUT2D eigenvalue weighted by atomic mass is 32.2. The Balaban J connectivity index is 1.45. The number of hydrogen-bond donors (Lipinski definition) is 12. The molecule has 8 atom stereocenters. The number of amides is 2. The number of carboxylic acid groups (broad SMARTS) is 2. The number of nitrogens with one attached hydrogen (secondary N) is 2. The maximum atomic E-state index is 12.7. The molecular weight excluding hydrogens is 883 g/mol.